The number of thioether (sulfide) groups is 1. The molecule has 0 saturated carbocycles. The van der Waals surface area contributed by atoms with E-state index in [0.29, 0.717) is 6.54 Å². The van der Waals surface area contributed by atoms with Crippen LogP contribution in [0.25, 0.3) is 0 Å². The molecule has 76 valence electrons. The Hall–Kier alpha value is -0.710. The second-order valence-corrected chi connectivity index (χ2v) is 3.58. The molecule has 0 aromatic heterocycles. The summed E-state index contributed by atoms with van der Waals surface area (Å²) < 4.78 is 0. The number of carboxylic acids is 1. The van der Waals surface area contributed by atoms with Crippen LogP contribution in [-0.2, 0) is 9.59 Å². The Morgan fingerprint density at radius 2 is 2.08 bits per heavy atom. The third-order valence-electron chi connectivity index (χ3n) is 1.41. The summed E-state index contributed by atoms with van der Waals surface area (Å²) in [5, 5.41) is 10.9. The lowest BCUT2D eigenvalue weighted by Gasteiger charge is -2.02. The maximum absolute atomic E-state index is 10.9. The van der Waals surface area contributed by atoms with E-state index in [0.717, 1.165) is 12.2 Å². The van der Waals surface area contributed by atoms with E-state index >= 15 is 0 Å². The number of aliphatic carboxylic acids is 1. The van der Waals surface area contributed by atoms with Gasteiger partial charge in [-0.3, -0.25) is 9.59 Å². The van der Waals surface area contributed by atoms with Gasteiger partial charge in [0.05, 0.1) is 6.42 Å². The average Bonchev–Trinajstić information content (AvgIpc) is 2.09. The van der Waals surface area contributed by atoms with Crippen LogP contribution in [0.3, 0.4) is 0 Å². The van der Waals surface area contributed by atoms with Gasteiger partial charge in [0.15, 0.2) is 0 Å². The number of carbonyl (C=O) groups is 2. The molecule has 0 aromatic rings. The Morgan fingerprint density at radius 1 is 1.38 bits per heavy atom. The van der Waals surface area contributed by atoms with Crippen molar-refractivity contribution in [2.45, 2.75) is 19.3 Å². The molecule has 4 nitrogen and oxygen atoms in total. The molecule has 0 bridgehead atoms. The SMILES string of the molecule is CSCCCNC(=O)CCC(=O)O. The van der Waals surface area contributed by atoms with Crippen molar-refractivity contribution in [3.63, 3.8) is 0 Å². The van der Waals surface area contributed by atoms with E-state index in [9.17, 15) is 9.59 Å². The van der Waals surface area contributed by atoms with Crippen molar-refractivity contribution >= 4 is 23.6 Å². The first-order valence-electron chi connectivity index (χ1n) is 4.14. The van der Waals surface area contributed by atoms with Crippen molar-refractivity contribution in [1.29, 1.82) is 0 Å². The highest BCUT2D eigenvalue weighted by molar-refractivity contribution is 7.98. The van der Waals surface area contributed by atoms with Gasteiger partial charge in [-0.1, -0.05) is 0 Å². The molecule has 0 saturated heterocycles. The van der Waals surface area contributed by atoms with E-state index in [4.69, 9.17) is 5.11 Å². The molecule has 5 heteroatoms. The van der Waals surface area contributed by atoms with Gasteiger partial charge in [0.2, 0.25) is 5.91 Å². The normalized spacial score (nSPS) is 9.62. The largest absolute Gasteiger partial charge is 0.481 e. The summed E-state index contributed by atoms with van der Waals surface area (Å²) in [4.78, 5) is 21.0. The fraction of sp³-hybridized carbons (Fsp3) is 0.750. The minimum Gasteiger partial charge on any atom is -0.481 e. The predicted molar refractivity (Wildman–Crippen MR) is 52.9 cm³/mol. The summed E-state index contributed by atoms with van der Waals surface area (Å²) in [6.07, 6.45) is 2.93. The van der Waals surface area contributed by atoms with Gasteiger partial charge < -0.3 is 10.4 Å². The maximum Gasteiger partial charge on any atom is 0.303 e. The predicted octanol–water partition coefficient (Wildman–Crippen LogP) is 0.720. The smallest absolute Gasteiger partial charge is 0.303 e. The summed E-state index contributed by atoms with van der Waals surface area (Å²) >= 11 is 1.73. The molecule has 0 aliphatic rings. The van der Waals surface area contributed by atoms with Gasteiger partial charge in [-0.05, 0) is 18.4 Å². The third kappa shape index (κ3) is 9.20. The Morgan fingerprint density at radius 3 is 2.62 bits per heavy atom. The topological polar surface area (TPSA) is 66.4 Å². The first kappa shape index (κ1) is 12.3. The zero-order chi connectivity index (χ0) is 10.1. The molecule has 0 spiro atoms. The van der Waals surface area contributed by atoms with E-state index in [1.54, 1.807) is 11.8 Å². The first-order chi connectivity index (χ1) is 6.16. The minimum absolute atomic E-state index is 0.0780. The highest BCUT2D eigenvalue weighted by Crippen LogP contribution is 1.94. The molecular weight excluding hydrogens is 190 g/mol. The van der Waals surface area contributed by atoms with E-state index in [-0.39, 0.29) is 18.7 Å². The molecule has 0 rings (SSSR count). The molecule has 0 aliphatic heterocycles. The Labute approximate surface area is 82.1 Å². The van der Waals surface area contributed by atoms with Crippen LogP contribution in [0.15, 0.2) is 0 Å². The molecule has 0 heterocycles. The highest BCUT2D eigenvalue weighted by Gasteiger charge is 2.03. The van der Waals surface area contributed by atoms with Gasteiger partial charge in [-0.2, -0.15) is 11.8 Å². The van der Waals surface area contributed by atoms with E-state index in [2.05, 4.69) is 5.32 Å². The fourth-order valence-corrected chi connectivity index (χ4v) is 1.19. The van der Waals surface area contributed by atoms with Crippen molar-refractivity contribution in [3.05, 3.63) is 0 Å². The number of carbonyl (C=O) groups excluding carboxylic acids is 1. The summed E-state index contributed by atoms with van der Waals surface area (Å²) in [5.41, 5.74) is 0. The summed E-state index contributed by atoms with van der Waals surface area (Å²) in [6.45, 7) is 0.638. The van der Waals surface area contributed by atoms with Gasteiger partial charge in [0, 0.05) is 13.0 Å². The van der Waals surface area contributed by atoms with E-state index in [1.165, 1.54) is 0 Å². The average molecular weight is 205 g/mol. The van der Waals surface area contributed by atoms with E-state index in [1.807, 2.05) is 6.26 Å². The first-order valence-corrected chi connectivity index (χ1v) is 5.53. The monoisotopic (exact) mass is 205 g/mol. The summed E-state index contributed by atoms with van der Waals surface area (Å²) in [5.74, 6) is -0.0954. The number of rotatable bonds is 7. The van der Waals surface area contributed by atoms with Gasteiger partial charge in [0.1, 0.15) is 0 Å². The van der Waals surface area contributed by atoms with Gasteiger partial charge in [-0.15, -0.1) is 0 Å². The quantitative estimate of drug-likeness (QED) is 0.601. The summed E-state index contributed by atoms with van der Waals surface area (Å²) in [6, 6.07) is 0. The van der Waals surface area contributed by atoms with Crippen LogP contribution in [0.5, 0.6) is 0 Å². The van der Waals surface area contributed by atoms with Crippen molar-refractivity contribution in [1.82, 2.24) is 5.32 Å². The number of hydrogen-bond donors (Lipinski definition) is 2. The maximum atomic E-state index is 10.9. The summed E-state index contributed by atoms with van der Waals surface area (Å²) in [7, 11) is 0. The van der Waals surface area contributed by atoms with Gasteiger partial charge in [-0.25, -0.2) is 0 Å². The molecule has 0 unspecified atom stereocenters. The fourth-order valence-electron chi connectivity index (χ4n) is 0.753. The molecule has 13 heavy (non-hydrogen) atoms. The van der Waals surface area contributed by atoms with Crippen LogP contribution < -0.4 is 5.32 Å². The number of amides is 1. The molecule has 0 radical (unpaired) electrons. The lowest BCUT2D eigenvalue weighted by atomic mass is 10.3. The van der Waals surface area contributed by atoms with Crippen molar-refractivity contribution in [2.24, 2.45) is 0 Å². The van der Waals surface area contributed by atoms with Crippen molar-refractivity contribution < 1.29 is 14.7 Å². The zero-order valence-corrected chi connectivity index (χ0v) is 8.52. The molecule has 0 atom stereocenters. The van der Waals surface area contributed by atoms with Crippen LogP contribution in [0.1, 0.15) is 19.3 Å². The van der Waals surface area contributed by atoms with Crippen LogP contribution in [0.4, 0.5) is 0 Å². The number of hydrogen-bond acceptors (Lipinski definition) is 3. The number of nitrogens with one attached hydrogen (secondary N) is 1. The molecular formula is C8H15NO3S. The molecule has 1 amide bonds. The lowest BCUT2D eigenvalue weighted by molar-refractivity contribution is -0.138. The number of carboxylic acid groups (broad SMARTS) is 1. The minimum atomic E-state index is -0.931. The Bertz CT molecular complexity index is 173. The van der Waals surface area contributed by atoms with Gasteiger partial charge >= 0.3 is 5.97 Å². The third-order valence-corrected chi connectivity index (χ3v) is 2.11. The second-order valence-electron chi connectivity index (χ2n) is 2.59. The molecule has 0 aliphatic carbocycles. The van der Waals surface area contributed by atoms with Crippen LogP contribution in [0.2, 0.25) is 0 Å². The van der Waals surface area contributed by atoms with Crippen LogP contribution >= 0.6 is 11.8 Å². The second kappa shape index (κ2) is 7.91. The van der Waals surface area contributed by atoms with E-state index < -0.39 is 5.97 Å². The van der Waals surface area contributed by atoms with Crippen molar-refractivity contribution in [2.75, 3.05) is 18.6 Å². The molecule has 0 aromatic carbocycles. The Kier molecular flexibility index (Phi) is 7.48. The zero-order valence-electron chi connectivity index (χ0n) is 7.71. The Balaban J connectivity index is 3.25. The van der Waals surface area contributed by atoms with Crippen LogP contribution in [-0.4, -0.2) is 35.5 Å². The van der Waals surface area contributed by atoms with Gasteiger partial charge in [0.25, 0.3) is 0 Å². The van der Waals surface area contributed by atoms with Crippen LogP contribution in [0, 0.1) is 0 Å². The molecule has 0 fully saturated rings. The highest BCUT2D eigenvalue weighted by atomic mass is 32.2. The lowest BCUT2D eigenvalue weighted by Crippen LogP contribution is -2.25. The van der Waals surface area contributed by atoms with Crippen molar-refractivity contribution in [3.8, 4) is 0 Å². The standard InChI is InChI=1S/C8H15NO3S/c1-13-6-2-5-9-7(10)3-4-8(11)12/h2-6H2,1H3,(H,9,10)(H,11,12). The molecule has 2 N–H and O–H groups in total.